The number of carbonyl (C=O) groups excluding carboxylic acids is 1. The highest BCUT2D eigenvalue weighted by atomic mass is 16.3. The van der Waals surface area contributed by atoms with E-state index in [1.807, 2.05) is 19.1 Å². The van der Waals surface area contributed by atoms with E-state index in [1.54, 1.807) is 6.07 Å². The maximum Gasteiger partial charge on any atom is 0.254 e. The third-order valence-corrected chi connectivity index (χ3v) is 4.96. The maximum atomic E-state index is 12.7. The molecule has 0 aromatic heterocycles. The monoisotopic (exact) mass is 273 g/mol. The van der Waals surface area contributed by atoms with Gasteiger partial charge in [-0.2, -0.15) is 0 Å². The van der Waals surface area contributed by atoms with Crippen LogP contribution in [0.2, 0.25) is 0 Å². The lowest BCUT2D eigenvalue weighted by atomic mass is 9.95. The fourth-order valence-electron chi connectivity index (χ4n) is 3.79. The minimum Gasteiger partial charge on any atom is -0.508 e. The number of phenolic OH excluding ortho intramolecular Hbond substituents is 1. The number of hydrogen-bond donors (Lipinski definition) is 1. The molecule has 0 radical (unpaired) electrons. The maximum absolute atomic E-state index is 12.7. The third-order valence-electron chi connectivity index (χ3n) is 4.96. The fraction of sp³-hybridized carbons (Fsp3) is 0.588. The van der Waals surface area contributed by atoms with Crippen molar-refractivity contribution < 1.29 is 9.90 Å². The summed E-state index contributed by atoms with van der Waals surface area (Å²) in [5.74, 6) is 1.00. The third kappa shape index (κ3) is 2.41. The predicted octanol–water partition coefficient (Wildman–Crippen LogP) is 3.50. The SMILES string of the molecule is Cc1ccc(C(=O)N2CCCC2C2CCCC2)cc1O. The number of rotatable bonds is 2. The summed E-state index contributed by atoms with van der Waals surface area (Å²) in [6, 6.07) is 5.69. The molecule has 2 fully saturated rings. The summed E-state index contributed by atoms with van der Waals surface area (Å²) in [6.45, 7) is 2.72. The zero-order valence-electron chi connectivity index (χ0n) is 12.1. The lowest BCUT2D eigenvalue weighted by Crippen LogP contribution is -2.39. The van der Waals surface area contributed by atoms with Crippen molar-refractivity contribution in [2.45, 2.75) is 51.5 Å². The second kappa shape index (κ2) is 5.47. The second-order valence-electron chi connectivity index (χ2n) is 6.25. The molecule has 1 aromatic carbocycles. The topological polar surface area (TPSA) is 40.5 Å². The van der Waals surface area contributed by atoms with Crippen molar-refractivity contribution in [2.75, 3.05) is 6.54 Å². The zero-order chi connectivity index (χ0) is 14.1. The van der Waals surface area contributed by atoms with Crippen LogP contribution in [0.15, 0.2) is 18.2 Å². The Morgan fingerprint density at radius 1 is 1.20 bits per heavy atom. The number of aryl methyl sites for hydroxylation is 1. The van der Waals surface area contributed by atoms with Crippen LogP contribution in [-0.4, -0.2) is 28.5 Å². The molecule has 1 saturated heterocycles. The van der Waals surface area contributed by atoms with Gasteiger partial charge in [0.1, 0.15) is 5.75 Å². The zero-order valence-corrected chi connectivity index (χ0v) is 12.1. The second-order valence-corrected chi connectivity index (χ2v) is 6.25. The van der Waals surface area contributed by atoms with Crippen molar-refractivity contribution in [3.8, 4) is 5.75 Å². The molecule has 1 aliphatic carbocycles. The van der Waals surface area contributed by atoms with E-state index >= 15 is 0 Å². The van der Waals surface area contributed by atoms with Gasteiger partial charge in [0, 0.05) is 18.2 Å². The molecule has 1 N–H and O–H groups in total. The lowest BCUT2D eigenvalue weighted by molar-refractivity contribution is 0.0688. The average Bonchev–Trinajstić information content (AvgIpc) is 3.10. The molecule has 2 aliphatic rings. The summed E-state index contributed by atoms with van der Waals surface area (Å²) < 4.78 is 0. The van der Waals surface area contributed by atoms with Crippen LogP contribution in [0.5, 0.6) is 5.75 Å². The van der Waals surface area contributed by atoms with E-state index in [0.717, 1.165) is 24.9 Å². The summed E-state index contributed by atoms with van der Waals surface area (Å²) in [5, 5.41) is 9.80. The van der Waals surface area contributed by atoms with Gasteiger partial charge in [0.2, 0.25) is 0 Å². The molecule has 108 valence electrons. The van der Waals surface area contributed by atoms with Gasteiger partial charge in [-0.25, -0.2) is 0 Å². The van der Waals surface area contributed by atoms with E-state index in [1.165, 1.54) is 25.7 Å². The Bertz CT molecular complexity index is 506. The standard InChI is InChI=1S/C17H23NO2/c1-12-8-9-14(11-16(12)19)17(20)18-10-4-7-15(18)13-5-2-3-6-13/h8-9,11,13,15,19H,2-7,10H2,1H3. The Morgan fingerprint density at radius 2 is 1.95 bits per heavy atom. The van der Waals surface area contributed by atoms with Gasteiger partial charge in [-0.15, -0.1) is 0 Å². The molecule has 1 atom stereocenters. The molecule has 1 saturated carbocycles. The Kier molecular flexibility index (Phi) is 3.68. The molecule has 3 nitrogen and oxygen atoms in total. The van der Waals surface area contributed by atoms with E-state index in [2.05, 4.69) is 4.90 Å². The van der Waals surface area contributed by atoms with E-state index in [9.17, 15) is 9.90 Å². The highest BCUT2D eigenvalue weighted by molar-refractivity contribution is 5.95. The van der Waals surface area contributed by atoms with Crippen molar-refractivity contribution in [1.29, 1.82) is 0 Å². The Balaban J connectivity index is 1.79. The van der Waals surface area contributed by atoms with E-state index in [0.29, 0.717) is 17.5 Å². The molecule has 1 heterocycles. The molecule has 1 aromatic rings. The average molecular weight is 273 g/mol. The number of aromatic hydroxyl groups is 1. The number of benzene rings is 1. The van der Waals surface area contributed by atoms with Gasteiger partial charge in [0.05, 0.1) is 0 Å². The first-order valence-corrected chi connectivity index (χ1v) is 7.77. The quantitative estimate of drug-likeness (QED) is 0.896. The van der Waals surface area contributed by atoms with Gasteiger partial charge < -0.3 is 10.0 Å². The van der Waals surface area contributed by atoms with Crippen LogP contribution in [0, 0.1) is 12.8 Å². The summed E-state index contributed by atoms with van der Waals surface area (Å²) in [6.07, 6.45) is 7.43. The van der Waals surface area contributed by atoms with Crippen molar-refractivity contribution in [3.63, 3.8) is 0 Å². The van der Waals surface area contributed by atoms with Crippen molar-refractivity contribution >= 4 is 5.91 Å². The number of nitrogens with zero attached hydrogens (tertiary/aromatic N) is 1. The highest BCUT2D eigenvalue weighted by Gasteiger charge is 2.36. The van der Waals surface area contributed by atoms with Gasteiger partial charge in [-0.1, -0.05) is 18.9 Å². The van der Waals surface area contributed by atoms with E-state index < -0.39 is 0 Å². The number of carbonyl (C=O) groups is 1. The summed E-state index contributed by atoms with van der Waals surface area (Å²) in [4.78, 5) is 14.7. The smallest absolute Gasteiger partial charge is 0.254 e. The predicted molar refractivity (Wildman–Crippen MR) is 78.9 cm³/mol. The number of phenols is 1. The summed E-state index contributed by atoms with van der Waals surface area (Å²) >= 11 is 0. The summed E-state index contributed by atoms with van der Waals surface area (Å²) in [5.41, 5.74) is 1.44. The normalized spacial score (nSPS) is 23.4. The first kappa shape index (κ1) is 13.5. The molecular weight excluding hydrogens is 250 g/mol. The molecule has 3 heteroatoms. The molecule has 3 rings (SSSR count). The largest absolute Gasteiger partial charge is 0.508 e. The van der Waals surface area contributed by atoms with Crippen molar-refractivity contribution in [1.82, 2.24) is 4.90 Å². The van der Waals surface area contributed by atoms with E-state index in [-0.39, 0.29) is 11.7 Å². The minimum atomic E-state index is 0.0923. The first-order valence-electron chi connectivity index (χ1n) is 7.77. The number of amides is 1. The van der Waals surface area contributed by atoms with Crippen LogP contribution >= 0.6 is 0 Å². The molecular formula is C17H23NO2. The molecule has 0 bridgehead atoms. The van der Waals surface area contributed by atoms with Gasteiger partial charge in [0.15, 0.2) is 0 Å². The Labute approximate surface area is 120 Å². The highest BCUT2D eigenvalue weighted by Crippen LogP contribution is 2.36. The van der Waals surface area contributed by atoms with Crippen LogP contribution in [0.3, 0.4) is 0 Å². The van der Waals surface area contributed by atoms with Crippen molar-refractivity contribution in [3.05, 3.63) is 29.3 Å². The van der Waals surface area contributed by atoms with Crippen LogP contribution < -0.4 is 0 Å². The fourth-order valence-corrected chi connectivity index (χ4v) is 3.79. The Morgan fingerprint density at radius 3 is 2.65 bits per heavy atom. The van der Waals surface area contributed by atoms with Crippen LogP contribution in [0.4, 0.5) is 0 Å². The minimum absolute atomic E-state index is 0.0923. The number of likely N-dealkylation sites (tertiary alicyclic amines) is 1. The van der Waals surface area contributed by atoms with Gasteiger partial charge in [0.25, 0.3) is 5.91 Å². The van der Waals surface area contributed by atoms with Gasteiger partial charge in [-0.3, -0.25) is 4.79 Å². The lowest BCUT2D eigenvalue weighted by Gasteiger charge is -2.29. The molecule has 1 aliphatic heterocycles. The van der Waals surface area contributed by atoms with Crippen LogP contribution in [-0.2, 0) is 0 Å². The van der Waals surface area contributed by atoms with Crippen LogP contribution in [0.1, 0.15) is 54.4 Å². The van der Waals surface area contributed by atoms with E-state index in [4.69, 9.17) is 0 Å². The van der Waals surface area contributed by atoms with Gasteiger partial charge >= 0.3 is 0 Å². The molecule has 20 heavy (non-hydrogen) atoms. The molecule has 1 unspecified atom stereocenters. The Hall–Kier alpha value is -1.51. The van der Waals surface area contributed by atoms with Gasteiger partial charge in [-0.05, 0) is 56.2 Å². The molecule has 0 spiro atoms. The number of hydrogen-bond acceptors (Lipinski definition) is 2. The first-order chi connectivity index (χ1) is 9.66. The molecule has 1 amide bonds. The van der Waals surface area contributed by atoms with Crippen molar-refractivity contribution in [2.24, 2.45) is 5.92 Å². The van der Waals surface area contributed by atoms with Crippen LogP contribution in [0.25, 0.3) is 0 Å². The summed E-state index contributed by atoms with van der Waals surface area (Å²) in [7, 11) is 0.